The van der Waals surface area contributed by atoms with E-state index in [1.54, 1.807) is 0 Å². The summed E-state index contributed by atoms with van der Waals surface area (Å²) in [5.74, 6) is -0.963. The molecule has 0 bridgehead atoms. The van der Waals surface area contributed by atoms with Crippen molar-refractivity contribution < 1.29 is 14.7 Å². The maximum atomic E-state index is 11.1. The van der Waals surface area contributed by atoms with Crippen LogP contribution in [0.2, 0.25) is 0 Å². The SMILES string of the molecule is O=C(O)C=CC(=O)NCC1CC=CCC1. The lowest BCUT2D eigenvalue weighted by molar-refractivity contribution is -0.131. The molecule has 0 aliphatic heterocycles. The number of carbonyl (C=O) groups is 2. The molecule has 0 aromatic heterocycles. The van der Waals surface area contributed by atoms with Crippen LogP contribution in [0.4, 0.5) is 0 Å². The highest BCUT2D eigenvalue weighted by Gasteiger charge is 2.09. The van der Waals surface area contributed by atoms with Gasteiger partial charge in [0.25, 0.3) is 0 Å². The lowest BCUT2D eigenvalue weighted by Gasteiger charge is -2.17. The van der Waals surface area contributed by atoms with Gasteiger partial charge in [-0.3, -0.25) is 4.79 Å². The normalized spacial score (nSPS) is 20.4. The first-order valence-corrected chi connectivity index (χ1v) is 5.02. The van der Waals surface area contributed by atoms with Crippen molar-refractivity contribution in [3.05, 3.63) is 24.3 Å². The molecule has 1 atom stereocenters. The predicted molar refractivity (Wildman–Crippen MR) is 56.3 cm³/mol. The van der Waals surface area contributed by atoms with Gasteiger partial charge in [0.1, 0.15) is 0 Å². The summed E-state index contributed by atoms with van der Waals surface area (Å²) >= 11 is 0. The van der Waals surface area contributed by atoms with E-state index in [-0.39, 0.29) is 5.91 Å². The van der Waals surface area contributed by atoms with Crippen LogP contribution < -0.4 is 5.32 Å². The molecular weight excluding hydrogens is 194 g/mol. The van der Waals surface area contributed by atoms with Crippen LogP contribution in [0.25, 0.3) is 0 Å². The zero-order valence-corrected chi connectivity index (χ0v) is 8.48. The second kappa shape index (κ2) is 6.01. The molecule has 4 nitrogen and oxygen atoms in total. The van der Waals surface area contributed by atoms with Gasteiger partial charge in [-0.1, -0.05) is 12.2 Å². The largest absolute Gasteiger partial charge is 0.478 e. The molecule has 0 aromatic carbocycles. The highest BCUT2D eigenvalue weighted by molar-refractivity contribution is 5.93. The third-order valence-electron chi connectivity index (χ3n) is 2.32. The van der Waals surface area contributed by atoms with Crippen LogP contribution in [-0.2, 0) is 9.59 Å². The van der Waals surface area contributed by atoms with Crippen LogP contribution in [0, 0.1) is 5.92 Å². The Kier molecular flexibility index (Phi) is 4.60. The van der Waals surface area contributed by atoms with Crippen molar-refractivity contribution in [1.29, 1.82) is 0 Å². The van der Waals surface area contributed by atoms with Crippen molar-refractivity contribution in [2.45, 2.75) is 19.3 Å². The molecule has 15 heavy (non-hydrogen) atoms. The molecule has 0 radical (unpaired) electrons. The minimum atomic E-state index is -1.11. The molecular formula is C11H15NO3. The third kappa shape index (κ3) is 5.00. The molecule has 1 unspecified atom stereocenters. The fourth-order valence-electron chi connectivity index (χ4n) is 1.49. The lowest BCUT2D eigenvalue weighted by Crippen LogP contribution is -2.28. The van der Waals surface area contributed by atoms with Gasteiger partial charge in [0, 0.05) is 18.7 Å². The monoisotopic (exact) mass is 209 g/mol. The molecule has 1 aliphatic carbocycles. The van der Waals surface area contributed by atoms with E-state index in [0.717, 1.165) is 31.4 Å². The van der Waals surface area contributed by atoms with Crippen LogP contribution >= 0.6 is 0 Å². The molecule has 2 N–H and O–H groups in total. The standard InChI is InChI=1S/C11H15NO3/c13-10(6-7-11(14)15)12-8-9-4-2-1-3-5-9/h1-2,6-7,9H,3-5,8H2,(H,12,13)(H,14,15). The Balaban J connectivity index is 2.21. The van der Waals surface area contributed by atoms with Gasteiger partial charge in [-0.2, -0.15) is 0 Å². The molecule has 0 aromatic rings. The van der Waals surface area contributed by atoms with Gasteiger partial charge in [-0.25, -0.2) is 4.79 Å². The van der Waals surface area contributed by atoms with E-state index in [2.05, 4.69) is 17.5 Å². The predicted octanol–water partition coefficient (Wildman–Crippen LogP) is 1.10. The summed E-state index contributed by atoms with van der Waals surface area (Å²) in [6.45, 7) is 0.618. The molecule has 1 rings (SSSR count). The maximum absolute atomic E-state index is 11.1. The quantitative estimate of drug-likeness (QED) is 0.538. The van der Waals surface area contributed by atoms with Crippen LogP contribution in [0.3, 0.4) is 0 Å². The third-order valence-corrected chi connectivity index (χ3v) is 2.32. The molecule has 82 valence electrons. The first-order valence-electron chi connectivity index (χ1n) is 5.02. The fourth-order valence-corrected chi connectivity index (χ4v) is 1.49. The van der Waals surface area contributed by atoms with Crippen LogP contribution in [0.5, 0.6) is 0 Å². The summed E-state index contributed by atoms with van der Waals surface area (Å²) < 4.78 is 0. The summed E-state index contributed by atoms with van der Waals surface area (Å²) in [6, 6.07) is 0. The fraction of sp³-hybridized carbons (Fsp3) is 0.455. The van der Waals surface area contributed by atoms with Crippen molar-refractivity contribution in [1.82, 2.24) is 5.32 Å². The van der Waals surface area contributed by atoms with Gasteiger partial charge in [0.05, 0.1) is 0 Å². The minimum Gasteiger partial charge on any atom is -0.478 e. The van der Waals surface area contributed by atoms with E-state index in [0.29, 0.717) is 12.5 Å². The van der Waals surface area contributed by atoms with E-state index in [4.69, 9.17) is 5.11 Å². The molecule has 4 heteroatoms. The number of allylic oxidation sites excluding steroid dienone is 2. The summed E-state index contributed by atoms with van der Waals surface area (Å²) in [7, 11) is 0. The van der Waals surface area contributed by atoms with Gasteiger partial charge < -0.3 is 10.4 Å². The molecule has 0 heterocycles. The summed E-state index contributed by atoms with van der Waals surface area (Å²) in [5, 5.41) is 11.0. The second-order valence-corrected chi connectivity index (χ2v) is 3.57. The lowest BCUT2D eigenvalue weighted by atomic mass is 9.94. The van der Waals surface area contributed by atoms with Crippen molar-refractivity contribution in [2.75, 3.05) is 6.54 Å². The molecule has 0 saturated heterocycles. The van der Waals surface area contributed by atoms with Crippen molar-refractivity contribution in [3.63, 3.8) is 0 Å². The number of hydrogen-bond donors (Lipinski definition) is 2. The summed E-state index contributed by atoms with van der Waals surface area (Å²) in [6.07, 6.45) is 9.28. The Morgan fingerprint density at radius 2 is 2.20 bits per heavy atom. The summed E-state index contributed by atoms with van der Waals surface area (Å²) in [4.78, 5) is 21.2. The van der Waals surface area contributed by atoms with E-state index in [9.17, 15) is 9.59 Å². The second-order valence-electron chi connectivity index (χ2n) is 3.57. The zero-order chi connectivity index (χ0) is 11.1. The number of aliphatic carboxylic acids is 1. The van der Waals surface area contributed by atoms with Gasteiger partial charge in [0.15, 0.2) is 0 Å². The van der Waals surface area contributed by atoms with Gasteiger partial charge in [-0.15, -0.1) is 0 Å². The molecule has 0 fully saturated rings. The Bertz CT molecular complexity index is 294. The van der Waals surface area contributed by atoms with E-state index in [1.807, 2.05) is 0 Å². The number of rotatable bonds is 4. The number of carboxylic acids is 1. The van der Waals surface area contributed by atoms with E-state index >= 15 is 0 Å². The average molecular weight is 209 g/mol. The number of carboxylic acid groups (broad SMARTS) is 1. The molecule has 0 spiro atoms. The van der Waals surface area contributed by atoms with Crippen molar-refractivity contribution in [2.24, 2.45) is 5.92 Å². The molecule has 0 saturated carbocycles. The smallest absolute Gasteiger partial charge is 0.328 e. The highest BCUT2D eigenvalue weighted by Crippen LogP contribution is 2.16. The van der Waals surface area contributed by atoms with Crippen molar-refractivity contribution in [3.8, 4) is 0 Å². The van der Waals surface area contributed by atoms with Crippen molar-refractivity contribution >= 4 is 11.9 Å². The topological polar surface area (TPSA) is 66.4 Å². The first kappa shape index (κ1) is 11.5. The Labute approximate surface area is 88.7 Å². The number of carbonyl (C=O) groups excluding carboxylic acids is 1. The summed E-state index contributed by atoms with van der Waals surface area (Å²) in [5.41, 5.74) is 0. The van der Waals surface area contributed by atoms with E-state index in [1.165, 1.54) is 0 Å². The molecule has 1 amide bonds. The first-order chi connectivity index (χ1) is 7.18. The highest BCUT2D eigenvalue weighted by atomic mass is 16.4. The van der Waals surface area contributed by atoms with Crippen LogP contribution in [0.15, 0.2) is 24.3 Å². The van der Waals surface area contributed by atoms with Gasteiger partial charge >= 0.3 is 5.97 Å². The Morgan fingerprint density at radius 1 is 1.40 bits per heavy atom. The van der Waals surface area contributed by atoms with Gasteiger partial charge in [0.2, 0.25) is 5.91 Å². The molecule has 1 aliphatic rings. The number of nitrogens with one attached hydrogen (secondary N) is 1. The zero-order valence-electron chi connectivity index (χ0n) is 8.48. The van der Waals surface area contributed by atoms with E-state index < -0.39 is 5.97 Å². The number of amides is 1. The Hall–Kier alpha value is -1.58. The van der Waals surface area contributed by atoms with Gasteiger partial charge in [-0.05, 0) is 25.2 Å². The van der Waals surface area contributed by atoms with Crippen LogP contribution in [0.1, 0.15) is 19.3 Å². The van der Waals surface area contributed by atoms with Crippen LogP contribution in [-0.4, -0.2) is 23.5 Å². The average Bonchev–Trinajstić information content (AvgIpc) is 2.25. The minimum absolute atomic E-state index is 0.341. The maximum Gasteiger partial charge on any atom is 0.328 e. The number of hydrogen-bond acceptors (Lipinski definition) is 2. The Morgan fingerprint density at radius 3 is 2.80 bits per heavy atom.